The van der Waals surface area contributed by atoms with E-state index in [1.807, 2.05) is 19.1 Å². The Bertz CT molecular complexity index is 1230. The minimum atomic E-state index is -4.41. The van der Waals surface area contributed by atoms with Gasteiger partial charge in [0, 0.05) is 24.4 Å². The van der Waals surface area contributed by atoms with Gasteiger partial charge in [-0.15, -0.1) is 5.10 Å². The fourth-order valence-corrected chi connectivity index (χ4v) is 4.13. The smallest absolute Gasteiger partial charge is 0.361 e. The molecule has 1 aliphatic carbocycles. The number of benzene rings is 1. The zero-order valence-electron chi connectivity index (χ0n) is 18.0. The van der Waals surface area contributed by atoms with Crippen LogP contribution in [0.4, 0.5) is 19.0 Å². The van der Waals surface area contributed by atoms with Gasteiger partial charge in [0.2, 0.25) is 0 Å². The van der Waals surface area contributed by atoms with Crippen molar-refractivity contribution >= 4 is 28.1 Å². The second-order valence-corrected chi connectivity index (χ2v) is 8.11. The third-order valence-electron chi connectivity index (χ3n) is 5.91. The number of fused-ring (bicyclic) bond motifs is 1. The molecule has 0 aliphatic heterocycles. The Morgan fingerprint density at radius 1 is 1.12 bits per heavy atom. The molecule has 32 heavy (non-hydrogen) atoms. The van der Waals surface area contributed by atoms with Crippen molar-refractivity contribution in [2.75, 3.05) is 5.32 Å². The van der Waals surface area contributed by atoms with E-state index < -0.39 is 17.8 Å². The number of nitrogens with one attached hydrogen (secondary N) is 1. The molecule has 1 atom stereocenters. The van der Waals surface area contributed by atoms with Crippen molar-refractivity contribution in [3.63, 3.8) is 0 Å². The minimum absolute atomic E-state index is 0.181. The lowest BCUT2D eigenvalue weighted by Crippen LogP contribution is -2.14. The van der Waals surface area contributed by atoms with Crippen LogP contribution in [0.2, 0.25) is 0 Å². The number of allylic oxidation sites excluding steroid dienone is 2. The van der Waals surface area contributed by atoms with Gasteiger partial charge >= 0.3 is 6.18 Å². The Hall–Kier alpha value is -3.29. The Morgan fingerprint density at radius 3 is 2.59 bits per heavy atom. The van der Waals surface area contributed by atoms with Crippen LogP contribution >= 0.6 is 0 Å². The summed E-state index contributed by atoms with van der Waals surface area (Å²) in [6.07, 6.45) is 0.864. The SMILES string of the molecule is Cc1c([C@@H](C)Nc2nnc(C)c3ncc(C4=CCC(=O)CC4)cc23)cccc1C(F)(F)F. The zero-order valence-corrected chi connectivity index (χ0v) is 18.0. The molecule has 1 aliphatic rings. The first kappa shape index (κ1) is 21.9. The van der Waals surface area contributed by atoms with Crippen LogP contribution in [-0.2, 0) is 11.0 Å². The van der Waals surface area contributed by atoms with Gasteiger partial charge < -0.3 is 5.32 Å². The van der Waals surface area contributed by atoms with Gasteiger partial charge in [0.25, 0.3) is 0 Å². The van der Waals surface area contributed by atoms with E-state index >= 15 is 0 Å². The number of anilines is 1. The third kappa shape index (κ3) is 4.22. The highest BCUT2D eigenvalue weighted by Crippen LogP contribution is 2.36. The number of aromatic nitrogens is 3. The number of pyridine rings is 1. The van der Waals surface area contributed by atoms with E-state index in [0.29, 0.717) is 41.9 Å². The first-order valence-electron chi connectivity index (χ1n) is 10.4. The molecule has 1 N–H and O–H groups in total. The van der Waals surface area contributed by atoms with E-state index in [2.05, 4.69) is 20.5 Å². The topological polar surface area (TPSA) is 67.8 Å². The maximum Gasteiger partial charge on any atom is 0.416 e. The Morgan fingerprint density at radius 2 is 1.91 bits per heavy atom. The number of aryl methyl sites for hydroxylation is 1. The number of rotatable bonds is 4. The fourth-order valence-electron chi connectivity index (χ4n) is 4.13. The first-order chi connectivity index (χ1) is 15.1. The Kier molecular flexibility index (Phi) is 5.71. The van der Waals surface area contributed by atoms with E-state index in [0.717, 1.165) is 22.6 Å². The van der Waals surface area contributed by atoms with Crippen molar-refractivity contribution in [2.24, 2.45) is 0 Å². The normalized spacial score (nSPS) is 15.6. The molecule has 0 radical (unpaired) electrons. The standard InChI is InChI=1S/C24H23F3N4O/c1-13-19(5-4-6-21(13)24(25,26)27)14(2)29-23-20-11-17(16-7-9-18(32)10-8-16)12-28-22(20)15(3)30-31-23/h4-7,11-12,14H,8-10H2,1-3H3,(H,29,31)/t14-/m1/s1. The van der Waals surface area contributed by atoms with Crippen LogP contribution < -0.4 is 5.32 Å². The molecule has 1 aromatic carbocycles. The summed E-state index contributed by atoms with van der Waals surface area (Å²) in [4.78, 5) is 16.1. The summed E-state index contributed by atoms with van der Waals surface area (Å²) in [6.45, 7) is 5.08. The average Bonchev–Trinajstić information content (AvgIpc) is 2.75. The molecule has 0 bridgehead atoms. The maximum atomic E-state index is 13.3. The minimum Gasteiger partial charge on any atom is -0.361 e. The fraction of sp³-hybridized carbons (Fsp3) is 0.333. The molecule has 2 heterocycles. The quantitative estimate of drug-likeness (QED) is 0.541. The highest BCUT2D eigenvalue weighted by Gasteiger charge is 2.33. The summed E-state index contributed by atoms with van der Waals surface area (Å²) < 4.78 is 40.0. The summed E-state index contributed by atoms with van der Waals surface area (Å²) in [5, 5.41) is 12.4. The number of carbonyl (C=O) groups is 1. The van der Waals surface area contributed by atoms with Gasteiger partial charge in [0.1, 0.15) is 5.78 Å². The van der Waals surface area contributed by atoms with Gasteiger partial charge in [-0.25, -0.2) is 0 Å². The number of hydrogen-bond donors (Lipinski definition) is 1. The van der Waals surface area contributed by atoms with Crippen molar-refractivity contribution < 1.29 is 18.0 Å². The number of ketones is 1. The zero-order chi connectivity index (χ0) is 23.0. The van der Waals surface area contributed by atoms with E-state index in [4.69, 9.17) is 0 Å². The van der Waals surface area contributed by atoms with Gasteiger partial charge in [0.05, 0.1) is 22.8 Å². The summed E-state index contributed by atoms with van der Waals surface area (Å²) in [6, 6.07) is 5.71. The second kappa shape index (κ2) is 8.33. The molecule has 3 aromatic rings. The lowest BCUT2D eigenvalue weighted by Gasteiger charge is -2.21. The van der Waals surface area contributed by atoms with Gasteiger partial charge in [-0.1, -0.05) is 18.2 Å². The van der Waals surface area contributed by atoms with Gasteiger partial charge in [-0.3, -0.25) is 9.78 Å². The molecule has 0 spiro atoms. The number of nitrogens with zero attached hydrogens (tertiary/aromatic N) is 3. The monoisotopic (exact) mass is 440 g/mol. The van der Waals surface area contributed by atoms with Crippen LogP contribution in [0.3, 0.4) is 0 Å². The molecular formula is C24H23F3N4O. The van der Waals surface area contributed by atoms with Crippen LogP contribution in [0, 0.1) is 13.8 Å². The number of halogens is 3. The number of carbonyl (C=O) groups excluding carboxylic acids is 1. The van der Waals surface area contributed by atoms with Crippen LogP contribution in [0.25, 0.3) is 16.5 Å². The summed E-state index contributed by atoms with van der Waals surface area (Å²) >= 11 is 0. The number of alkyl halides is 3. The van der Waals surface area contributed by atoms with Crippen molar-refractivity contribution in [1.29, 1.82) is 0 Å². The van der Waals surface area contributed by atoms with Crippen LogP contribution in [-0.4, -0.2) is 21.0 Å². The molecule has 5 nitrogen and oxygen atoms in total. The van der Waals surface area contributed by atoms with E-state index in [-0.39, 0.29) is 11.3 Å². The molecule has 166 valence electrons. The predicted octanol–water partition coefficient (Wildman–Crippen LogP) is 5.97. The van der Waals surface area contributed by atoms with E-state index in [9.17, 15) is 18.0 Å². The first-order valence-corrected chi connectivity index (χ1v) is 10.4. The largest absolute Gasteiger partial charge is 0.416 e. The molecule has 0 saturated heterocycles. The average molecular weight is 440 g/mol. The van der Waals surface area contributed by atoms with Gasteiger partial charge in [-0.2, -0.15) is 18.3 Å². The summed E-state index contributed by atoms with van der Waals surface area (Å²) in [5.74, 6) is 0.675. The highest BCUT2D eigenvalue weighted by molar-refractivity contribution is 5.93. The summed E-state index contributed by atoms with van der Waals surface area (Å²) in [7, 11) is 0. The summed E-state index contributed by atoms with van der Waals surface area (Å²) in [5.41, 5.74) is 3.36. The molecule has 8 heteroatoms. The molecule has 2 aromatic heterocycles. The van der Waals surface area contributed by atoms with Crippen molar-refractivity contribution in [3.8, 4) is 0 Å². The third-order valence-corrected chi connectivity index (χ3v) is 5.91. The van der Waals surface area contributed by atoms with E-state index in [1.165, 1.54) is 13.0 Å². The maximum absolute atomic E-state index is 13.3. The van der Waals surface area contributed by atoms with Crippen molar-refractivity contribution in [3.05, 3.63) is 64.5 Å². The van der Waals surface area contributed by atoms with Crippen molar-refractivity contribution in [1.82, 2.24) is 15.2 Å². The molecule has 0 unspecified atom stereocenters. The van der Waals surface area contributed by atoms with Crippen LogP contribution in [0.5, 0.6) is 0 Å². The molecule has 4 rings (SSSR count). The highest BCUT2D eigenvalue weighted by atomic mass is 19.4. The van der Waals surface area contributed by atoms with Crippen LogP contribution in [0.15, 0.2) is 36.5 Å². The lowest BCUT2D eigenvalue weighted by atomic mass is 9.93. The predicted molar refractivity (Wildman–Crippen MR) is 117 cm³/mol. The van der Waals surface area contributed by atoms with Crippen LogP contribution in [0.1, 0.15) is 60.2 Å². The number of hydrogen-bond acceptors (Lipinski definition) is 5. The molecule has 0 fully saturated rings. The molecule has 0 amide bonds. The molecule has 0 saturated carbocycles. The van der Waals surface area contributed by atoms with E-state index in [1.54, 1.807) is 19.2 Å². The Balaban J connectivity index is 1.73. The molecular weight excluding hydrogens is 417 g/mol. The lowest BCUT2D eigenvalue weighted by molar-refractivity contribution is -0.138. The second-order valence-electron chi connectivity index (χ2n) is 8.11. The number of Topliss-reactive ketones (excluding diaryl/α,β-unsaturated/α-hetero) is 1. The Labute approximate surface area is 183 Å². The van der Waals surface area contributed by atoms with Gasteiger partial charge in [-0.05, 0) is 61.6 Å². The van der Waals surface area contributed by atoms with Crippen molar-refractivity contribution in [2.45, 2.75) is 52.3 Å². The van der Waals surface area contributed by atoms with Gasteiger partial charge in [0.15, 0.2) is 5.82 Å².